The second kappa shape index (κ2) is 11.5. The van der Waals surface area contributed by atoms with Crippen LogP contribution in [0, 0.1) is 6.92 Å². The van der Waals surface area contributed by atoms with Crippen molar-refractivity contribution in [1.82, 2.24) is 10.2 Å². The van der Waals surface area contributed by atoms with E-state index in [1.54, 1.807) is 12.0 Å². The molecule has 1 atom stereocenters. The summed E-state index contributed by atoms with van der Waals surface area (Å²) < 4.78 is 16.6. The van der Waals surface area contributed by atoms with Crippen molar-refractivity contribution in [2.24, 2.45) is 0 Å². The molecule has 0 spiro atoms. The van der Waals surface area contributed by atoms with Gasteiger partial charge in [0, 0.05) is 25.7 Å². The van der Waals surface area contributed by atoms with Crippen LogP contribution in [0.15, 0.2) is 48.5 Å². The minimum atomic E-state index is -0.262. The predicted octanol–water partition coefficient (Wildman–Crippen LogP) is 3.80. The monoisotopic (exact) mass is 420 g/mol. The molecule has 2 aromatic carbocycles. The standard InChI is InChI=1S/C22H28N2O4.ClH/c1-17-14-20(26-2)8-9-21(17)27-13-10-19-15-24(12-11-23-19)22(25)28-16-18-6-4-3-5-7-18;/h3-9,14,19,23H,10-13,15-16H2,1-2H3;1H/t19-;/m1./s1. The van der Waals surface area contributed by atoms with Crippen LogP contribution in [0.5, 0.6) is 11.5 Å². The molecule has 158 valence electrons. The number of rotatable bonds is 7. The van der Waals surface area contributed by atoms with E-state index >= 15 is 0 Å². The van der Waals surface area contributed by atoms with Crippen molar-refractivity contribution in [3.8, 4) is 11.5 Å². The summed E-state index contributed by atoms with van der Waals surface area (Å²) in [5, 5.41) is 3.45. The lowest BCUT2D eigenvalue weighted by molar-refractivity contribution is 0.0827. The number of hydrogen-bond donors (Lipinski definition) is 1. The van der Waals surface area contributed by atoms with E-state index in [-0.39, 0.29) is 24.5 Å². The lowest BCUT2D eigenvalue weighted by atomic mass is 10.1. The Balaban J connectivity index is 0.00000300. The first kappa shape index (κ1) is 22.8. The van der Waals surface area contributed by atoms with E-state index in [9.17, 15) is 4.79 Å². The fourth-order valence-electron chi connectivity index (χ4n) is 3.22. The first-order valence-electron chi connectivity index (χ1n) is 9.62. The zero-order valence-electron chi connectivity index (χ0n) is 16.9. The van der Waals surface area contributed by atoms with Crippen LogP contribution in [0.25, 0.3) is 0 Å². The van der Waals surface area contributed by atoms with Gasteiger partial charge in [-0.3, -0.25) is 0 Å². The Morgan fingerprint density at radius 1 is 1.21 bits per heavy atom. The van der Waals surface area contributed by atoms with Gasteiger partial charge >= 0.3 is 6.09 Å². The zero-order chi connectivity index (χ0) is 19.8. The van der Waals surface area contributed by atoms with Gasteiger partial charge in [0.1, 0.15) is 18.1 Å². The summed E-state index contributed by atoms with van der Waals surface area (Å²) in [4.78, 5) is 14.1. The Bertz CT molecular complexity index is 773. The van der Waals surface area contributed by atoms with Gasteiger partial charge in [0.05, 0.1) is 13.7 Å². The quantitative estimate of drug-likeness (QED) is 0.738. The number of carbonyl (C=O) groups excluding carboxylic acids is 1. The molecule has 1 N–H and O–H groups in total. The zero-order valence-corrected chi connectivity index (χ0v) is 17.7. The van der Waals surface area contributed by atoms with Crippen LogP contribution in [0.4, 0.5) is 4.79 Å². The maximum atomic E-state index is 12.4. The average Bonchev–Trinajstić information content (AvgIpc) is 2.74. The minimum Gasteiger partial charge on any atom is -0.497 e. The molecule has 6 nitrogen and oxygen atoms in total. The van der Waals surface area contributed by atoms with Gasteiger partial charge in [0.25, 0.3) is 0 Å². The molecule has 1 aliphatic rings. The molecule has 0 aromatic heterocycles. The van der Waals surface area contributed by atoms with Crippen LogP contribution in [-0.2, 0) is 11.3 Å². The van der Waals surface area contributed by atoms with Crippen LogP contribution in [0.3, 0.4) is 0 Å². The number of nitrogens with one attached hydrogen (secondary N) is 1. The molecule has 3 rings (SSSR count). The number of methoxy groups -OCH3 is 1. The summed E-state index contributed by atoms with van der Waals surface area (Å²) >= 11 is 0. The Hall–Kier alpha value is -2.44. The highest BCUT2D eigenvalue weighted by Gasteiger charge is 2.24. The SMILES string of the molecule is COc1ccc(OCC[C@@H]2CN(C(=O)OCc3ccccc3)CCN2)c(C)c1.Cl. The maximum absolute atomic E-state index is 12.4. The highest BCUT2D eigenvalue weighted by atomic mass is 35.5. The largest absolute Gasteiger partial charge is 0.497 e. The van der Waals surface area contributed by atoms with E-state index in [4.69, 9.17) is 14.2 Å². The number of hydrogen-bond acceptors (Lipinski definition) is 5. The summed E-state index contributed by atoms with van der Waals surface area (Å²) in [5.74, 6) is 1.68. The van der Waals surface area contributed by atoms with Crippen molar-refractivity contribution in [1.29, 1.82) is 0 Å². The van der Waals surface area contributed by atoms with Crippen molar-refractivity contribution in [2.45, 2.75) is 26.0 Å². The number of halogens is 1. The third-order valence-electron chi connectivity index (χ3n) is 4.82. The Morgan fingerprint density at radius 2 is 2.00 bits per heavy atom. The molecule has 1 heterocycles. The maximum Gasteiger partial charge on any atom is 0.410 e. The summed E-state index contributed by atoms with van der Waals surface area (Å²) in [7, 11) is 1.65. The highest BCUT2D eigenvalue weighted by Crippen LogP contribution is 2.23. The van der Waals surface area contributed by atoms with Crippen LogP contribution in [0.2, 0.25) is 0 Å². The lowest BCUT2D eigenvalue weighted by Crippen LogP contribution is -2.53. The third-order valence-corrected chi connectivity index (χ3v) is 4.82. The summed E-state index contributed by atoms with van der Waals surface area (Å²) in [6.45, 7) is 4.92. The summed E-state index contributed by atoms with van der Waals surface area (Å²) in [6, 6.07) is 15.7. The average molecular weight is 421 g/mol. The van der Waals surface area contributed by atoms with E-state index in [1.165, 1.54) is 0 Å². The molecule has 1 saturated heterocycles. The van der Waals surface area contributed by atoms with Crippen LogP contribution < -0.4 is 14.8 Å². The summed E-state index contributed by atoms with van der Waals surface area (Å²) in [5.41, 5.74) is 2.04. The van der Waals surface area contributed by atoms with Gasteiger partial charge in [-0.1, -0.05) is 30.3 Å². The Kier molecular flexibility index (Phi) is 9.09. The van der Waals surface area contributed by atoms with Gasteiger partial charge in [-0.15, -0.1) is 12.4 Å². The van der Waals surface area contributed by atoms with Crippen molar-refractivity contribution in [3.63, 3.8) is 0 Å². The van der Waals surface area contributed by atoms with Crippen LogP contribution >= 0.6 is 12.4 Å². The van der Waals surface area contributed by atoms with Gasteiger partial charge in [0.15, 0.2) is 0 Å². The molecule has 2 aromatic rings. The number of benzene rings is 2. The molecule has 1 fully saturated rings. The molecule has 0 saturated carbocycles. The normalized spacial score (nSPS) is 15.9. The lowest BCUT2D eigenvalue weighted by Gasteiger charge is -2.33. The predicted molar refractivity (Wildman–Crippen MR) is 115 cm³/mol. The molecule has 0 radical (unpaired) electrons. The second-order valence-corrected chi connectivity index (χ2v) is 6.91. The molecule has 1 aliphatic heterocycles. The number of carbonyl (C=O) groups is 1. The topological polar surface area (TPSA) is 60.0 Å². The van der Waals surface area contributed by atoms with E-state index in [0.717, 1.165) is 35.6 Å². The molecule has 0 aliphatic carbocycles. The second-order valence-electron chi connectivity index (χ2n) is 6.91. The van der Waals surface area contributed by atoms with Crippen molar-refractivity contribution >= 4 is 18.5 Å². The molecular formula is C22H29ClN2O4. The smallest absolute Gasteiger partial charge is 0.410 e. The van der Waals surface area contributed by atoms with Gasteiger partial charge in [-0.25, -0.2) is 4.79 Å². The van der Waals surface area contributed by atoms with Crippen molar-refractivity contribution < 1.29 is 19.0 Å². The Labute approximate surface area is 178 Å². The van der Waals surface area contributed by atoms with Crippen LogP contribution in [-0.4, -0.2) is 50.4 Å². The van der Waals surface area contributed by atoms with Gasteiger partial charge < -0.3 is 24.4 Å². The highest BCUT2D eigenvalue weighted by molar-refractivity contribution is 5.85. The van der Waals surface area contributed by atoms with Crippen LogP contribution in [0.1, 0.15) is 17.5 Å². The molecule has 29 heavy (non-hydrogen) atoms. The van der Waals surface area contributed by atoms with E-state index in [1.807, 2.05) is 55.5 Å². The fourth-order valence-corrected chi connectivity index (χ4v) is 3.22. The number of amides is 1. The summed E-state index contributed by atoms with van der Waals surface area (Å²) in [6.07, 6.45) is 0.552. The number of piperazine rings is 1. The Morgan fingerprint density at radius 3 is 2.72 bits per heavy atom. The number of ether oxygens (including phenoxy) is 3. The van der Waals surface area contributed by atoms with Gasteiger partial charge in [0.2, 0.25) is 0 Å². The first-order valence-corrected chi connectivity index (χ1v) is 9.62. The van der Waals surface area contributed by atoms with Gasteiger partial charge in [-0.2, -0.15) is 0 Å². The molecule has 0 unspecified atom stereocenters. The van der Waals surface area contributed by atoms with E-state index < -0.39 is 0 Å². The minimum absolute atomic E-state index is 0. The molecule has 7 heteroatoms. The molecular weight excluding hydrogens is 392 g/mol. The van der Waals surface area contributed by atoms with Crippen molar-refractivity contribution in [2.75, 3.05) is 33.4 Å². The fraction of sp³-hybridized carbons (Fsp3) is 0.409. The molecule has 0 bridgehead atoms. The van der Waals surface area contributed by atoms with E-state index in [2.05, 4.69) is 5.32 Å². The number of nitrogens with zero attached hydrogens (tertiary/aromatic N) is 1. The third kappa shape index (κ3) is 6.84. The van der Waals surface area contributed by atoms with Crippen molar-refractivity contribution in [3.05, 3.63) is 59.7 Å². The molecule has 1 amide bonds. The van der Waals surface area contributed by atoms with Gasteiger partial charge in [-0.05, 0) is 42.7 Å². The van der Waals surface area contributed by atoms with E-state index in [0.29, 0.717) is 26.3 Å². The first-order chi connectivity index (χ1) is 13.7. The number of aryl methyl sites for hydroxylation is 1.